The van der Waals surface area contributed by atoms with Crippen LogP contribution in [0.2, 0.25) is 0 Å². The molecule has 0 N–H and O–H groups in total. The van der Waals surface area contributed by atoms with Gasteiger partial charge < -0.3 is 4.74 Å². The van der Waals surface area contributed by atoms with Gasteiger partial charge in [0.1, 0.15) is 5.41 Å². The largest absolute Gasteiger partial charge is 0.468 e. The molecule has 0 bridgehead atoms. The molecule has 0 saturated heterocycles. The van der Waals surface area contributed by atoms with Gasteiger partial charge in [-0.15, -0.1) is 0 Å². The predicted octanol–water partition coefficient (Wildman–Crippen LogP) is 2.70. The zero-order valence-electron chi connectivity index (χ0n) is 11.2. The van der Waals surface area contributed by atoms with Gasteiger partial charge in [-0.3, -0.25) is 9.59 Å². The summed E-state index contributed by atoms with van der Waals surface area (Å²) in [5, 5.41) is 0. The van der Waals surface area contributed by atoms with Crippen molar-refractivity contribution in [2.45, 2.75) is 38.5 Å². The molecule has 1 fully saturated rings. The molecule has 3 nitrogen and oxygen atoms in total. The Morgan fingerprint density at radius 2 is 1.79 bits per heavy atom. The Kier molecular flexibility index (Phi) is 2.92. The third kappa shape index (κ3) is 1.97. The van der Waals surface area contributed by atoms with Crippen molar-refractivity contribution >= 4 is 11.8 Å². The Hall–Kier alpha value is -1.64. The van der Waals surface area contributed by atoms with Gasteiger partial charge in [0.15, 0.2) is 5.78 Å². The van der Waals surface area contributed by atoms with E-state index in [4.69, 9.17) is 4.74 Å². The Bertz CT molecular complexity index is 541. The number of fused-ring (bicyclic) bond motifs is 1. The van der Waals surface area contributed by atoms with Crippen LogP contribution in [0.15, 0.2) is 18.2 Å². The number of carbonyl (C=O) groups excluding carboxylic acids is 2. The highest BCUT2D eigenvalue weighted by atomic mass is 16.5. The molecule has 1 saturated carbocycles. The standard InChI is InChI=1S/C16H18O3/c1-19-15(18)16(8-9-16)14(17)13-7-6-11-4-2-3-5-12(11)10-13/h6-7,10H,2-5,8-9H2,1H3. The Morgan fingerprint density at radius 3 is 2.42 bits per heavy atom. The van der Waals surface area contributed by atoms with E-state index in [0.29, 0.717) is 18.4 Å². The van der Waals surface area contributed by atoms with Crippen LogP contribution in [0.5, 0.6) is 0 Å². The number of ketones is 1. The highest BCUT2D eigenvalue weighted by Crippen LogP contribution is 2.49. The van der Waals surface area contributed by atoms with Gasteiger partial charge in [0.05, 0.1) is 7.11 Å². The summed E-state index contributed by atoms with van der Waals surface area (Å²) in [6, 6.07) is 5.91. The molecule has 0 heterocycles. The second kappa shape index (κ2) is 4.48. The third-order valence-corrected chi connectivity index (χ3v) is 4.37. The molecule has 1 aromatic rings. The third-order valence-electron chi connectivity index (χ3n) is 4.37. The maximum absolute atomic E-state index is 12.5. The van der Waals surface area contributed by atoms with E-state index in [-0.39, 0.29) is 11.8 Å². The van der Waals surface area contributed by atoms with E-state index < -0.39 is 5.41 Å². The molecule has 0 spiro atoms. The van der Waals surface area contributed by atoms with Gasteiger partial charge in [-0.05, 0) is 55.7 Å². The van der Waals surface area contributed by atoms with E-state index in [2.05, 4.69) is 6.07 Å². The molecule has 100 valence electrons. The molecule has 0 amide bonds. The van der Waals surface area contributed by atoms with Gasteiger partial charge in [-0.2, -0.15) is 0 Å². The summed E-state index contributed by atoms with van der Waals surface area (Å²) in [7, 11) is 1.35. The van der Waals surface area contributed by atoms with E-state index >= 15 is 0 Å². The van der Waals surface area contributed by atoms with Crippen LogP contribution in [-0.2, 0) is 22.4 Å². The number of hydrogen-bond donors (Lipinski definition) is 0. The van der Waals surface area contributed by atoms with Crippen molar-refractivity contribution in [3.05, 3.63) is 34.9 Å². The van der Waals surface area contributed by atoms with Gasteiger partial charge in [-0.25, -0.2) is 0 Å². The Balaban J connectivity index is 1.90. The molecule has 2 aliphatic carbocycles. The van der Waals surface area contributed by atoms with E-state index in [1.54, 1.807) is 0 Å². The summed E-state index contributed by atoms with van der Waals surface area (Å²) >= 11 is 0. The van der Waals surface area contributed by atoms with Crippen molar-refractivity contribution in [1.82, 2.24) is 0 Å². The number of rotatable bonds is 3. The van der Waals surface area contributed by atoms with Crippen LogP contribution in [0, 0.1) is 5.41 Å². The molecule has 0 aromatic heterocycles. The molecule has 0 aliphatic heterocycles. The van der Waals surface area contributed by atoms with Gasteiger partial charge in [0.2, 0.25) is 0 Å². The van der Waals surface area contributed by atoms with E-state index in [9.17, 15) is 9.59 Å². The van der Waals surface area contributed by atoms with Gasteiger partial charge in [0, 0.05) is 5.56 Å². The van der Waals surface area contributed by atoms with Gasteiger partial charge in [0.25, 0.3) is 0 Å². The number of benzene rings is 1. The number of esters is 1. The number of aryl methyl sites for hydroxylation is 2. The average molecular weight is 258 g/mol. The Labute approximate surface area is 113 Å². The fourth-order valence-electron chi connectivity index (χ4n) is 3.00. The highest BCUT2D eigenvalue weighted by Gasteiger charge is 2.57. The van der Waals surface area contributed by atoms with Crippen LogP contribution in [0.1, 0.15) is 47.2 Å². The SMILES string of the molecule is COC(=O)C1(C(=O)c2ccc3c(c2)CCCC3)CC1. The fourth-order valence-corrected chi connectivity index (χ4v) is 3.00. The molecule has 2 aliphatic rings. The van der Waals surface area contributed by atoms with E-state index in [1.165, 1.54) is 31.1 Å². The summed E-state index contributed by atoms with van der Waals surface area (Å²) < 4.78 is 4.77. The molecule has 19 heavy (non-hydrogen) atoms. The number of Topliss-reactive ketones (excluding diaryl/α,β-unsaturated/α-hetero) is 1. The monoisotopic (exact) mass is 258 g/mol. The number of carbonyl (C=O) groups is 2. The smallest absolute Gasteiger partial charge is 0.319 e. The summed E-state index contributed by atoms with van der Waals surface area (Å²) in [6.45, 7) is 0. The topological polar surface area (TPSA) is 43.4 Å². The second-order valence-corrected chi connectivity index (χ2v) is 5.59. The van der Waals surface area contributed by atoms with E-state index in [1.807, 2.05) is 12.1 Å². The lowest BCUT2D eigenvalue weighted by Crippen LogP contribution is -2.27. The highest BCUT2D eigenvalue weighted by molar-refractivity contribution is 6.14. The van der Waals surface area contributed by atoms with Crippen molar-refractivity contribution in [1.29, 1.82) is 0 Å². The van der Waals surface area contributed by atoms with Crippen LogP contribution >= 0.6 is 0 Å². The van der Waals surface area contributed by atoms with Crippen molar-refractivity contribution in [2.24, 2.45) is 5.41 Å². The first-order valence-corrected chi connectivity index (χ1v) is 6.92. The maximum Gasteiger partial charge on any atom is 0.319 e. The molecule has 0 radical (unpaired) electrons. The number of methoxy groups -OCH3 is 1. The van der Waals surface area contributed by atoms with Crippen LogP contribution in [0.4, 0.5) is 0 Å². The van der Waals surface area contributed by atoms with Crippen LogP contribution in [0.25, 0.3) is 0 Å². The molecule has 0 atom stereocenters. The van der Waals surface area contributed by atoms with Crippen molar-refractivity contribution in [3.63, 3.8) is 0 Å². The van der Waals surface area contributed by atoms with Crippen molar-refractivity contribution in [3.8, 4) is 0 Å². The minimum atomic E-state index is -0.877. The van der Waals surface area contributed by atoms with Crippen molar-refractivity contribution in [2.75, 3.05) is 7.11 Å². The van der Waals surface area contributed by atoms with E-state index in [0.717, 1.165) is 12.8 Å². The van der Waals surface area contributed by atoms with Crippen LogP contribution < -0.4 is 0 Å². The van der Waals surface area contributed by atoms with Crippen LogP contribution in [0.3, 0.4) is 0 Å². The minimum absolute atomic E-state index is 0.0623. The molecule has 0 unspecified atom stereocenters. The lowest BCUT2D eigenvalue weighted by atomic mass is 9.87. The molecule has 1 aromatic carbocycles. The zero-order chi connectivity index (χ0) is 13.5. The summed E-state index contributed by atoms with van der Waals surface area (Å²) in [4.78, 5) is 24.3. The minimum Gasteiger partial charge on any atom is -0.468 e. The summed E-state index contributed by atoms with van der Waals surface area (Å²) in [6.07, 6.45) is 5.80. The summed E-state index contributed by atoms with van der Waals surface area (Å²) in [5.41, 5.74) is 2.42. The van der Waals surface area contributed by atoms with Crippen LogP contribution in [-0.4, -0.2) is 18.9 Å². The normalized spacial score (nSPS) is 19.4. The first kappa shape index (κ1) is 12.4. The predicted molar refractivity (Wildman–Crippen MR) is 71.1 cm³/mol. The van der Waals surface area contributed by atoms with Crippen molar-refractivity contribution < 1.29 is 14.3 Å². The number of ether oxygens (including phenoxy) is 1. The lowest BCUT2D eigenvalue weighted by molar-refractivity contribution is -0.145. The summed E-state index contributed by atoms with van der Waals surface area (Å²) in [5.74, 6) is -0.442. The fraction of sp³-hybridized carbons (Fsp3) is 0.500. The average Bonchev–Trinajstić information content (AvgIpc) is 3.26. The molecule has 3 heteroatoms. The second-order valence-electron chi connectivity index (χ2n) is 5.59. The van der Waals surface area contributed by atoms with Gasteiger partial charge in [-0.1, -0.05) is 12.1 Å². The molecular weight excluding hydrogens is 240 g/mol. The first-order valence-electron chi connectivity index (χ1n) is 6.92. The molecule has 3 rings (SSSR count). The lowest BCUT2D eigenvalue weighted by Gasteiger charge is -2.17. The zero-order valence-corrected chi connectivity index (χ0v) is 11.2. The van der Waals surface area contributed by atoms with Gasteiger partial charge >= 0.3 is 5.97 Å². The number of hydrogen-bond acceptors (Lipinski definition) is 3. The first-order chi connectivity index (χ1) is 9.17. The maximum atomic E-state index is 12.5. The quantitative estimate of drug-likeness (QED) is 0.475. The molecular formula is C16H18O3. The Morgan fingerprint density at radius 1 is 1.11 bits per heavy atom.